The highest BCUT2D eigenvalue weighted by Crippen LogP contribution is 2.24. The molecule has 0 bridgehead atoms. The third-order valence-corrected chi connectivity index (χ3v) is 3.42. The fraction of sp³-hybridized carbons (Fsp3) is 0.214. The van der Waals surface area contributed by atoms with Crippen LogP contribution in [0.2, 0.25) is 5.28 Å². The highest BCUT2D eigenvalue weighted by atomic mass is 35.5. The molecule has 4 nitrogen and oxygen atoms in total. The molecule has 0 saturated heterocycles. The number of nitrogens with zero attached hydrogens (tertiary/aromatic N) is 4. The fourth-order valence-corrected chi connectivity index (χ4v) is 2.32. The number of halogens is 2. The van der Waals surface area contributed by atoms with E-state index in [0.717, 1.165) is 18.5 Å². The Labute approximate surface area is 121 Å². The van der Waals surface area contributed by atoms with Gasteiger partial charge in [0.25, 0.3) is 0 Å². The number of aromatic nitrogens is 3. The van der Waals surface area contributed by atoms with Crippen molar-refractivity contribution in [2.75, 3.05) is 18.0 Å². The Hall–Kier alpha value is -2.01. The van der Waals surface area contributed by atoms with Gasteiger partial charge in [-0.2, -0.15) is 4.98 Å². The van der Waals surface area contributed by atoms with Crippen LogP contribution >= 0.6 is 11.6 Å². The predicted molar refractivity (Wildman–Crippen MR) is 76.0 cm³/mol. The number of anilines is 1. The van der Waals surface area contributed by atoms with Gasteiger partial charge in [0.1, 0.15) is 12.1 Å². The van der Waals surface area contributed by atoms with Gasteiger partial charge in [-0.25, -0.2) is 14.4 Å². The van der Waals surface area contributed by atoms with E-state index in [0.29, 0.717) is 12.5 Å². The minimum atomic E-state index is -0.216. The van der Waals surface area contributed by atoms with Crippen molar-refractivity contribution in [2.45, 2.75) is 6.42 Å². The topological polar surface area (TPSA) is 41.9 Å². The van der Waals surface area contributed by atoms with Crippen molar-refractivity contribution in [3.05, 3.63) is 53.3 Å². The molecule has 1 aromatic heterocycles. The normalized spacial score (nSPS) is 15.1. The van der Waals surface area contributed by atoms with Gasteiger partial charge in [-0.3, -0.25) is 0 Å². The lowest BCUT2D eigenvalue weighted by atomic mass is 10.00. The second-order valence-corrected chi connectivity index (χ2v) is 4.82. The van der Waals surface area contributed by atoms with Crippen LogP contribution in [-0.2, 0) is 0 Å². The minimum absolute atomic E-state index is 0.198. The first kappa shape index (κ1) is 13.0. The number of benzene rings is 1. The van der Waals surface area contributed by atoms with Gasteiger partial charge < -0.3 is 4.90 Å². The van der Waals surface area contributed by atoms with Crippen LogP contribution in [0.4, 0.5) is 10.3 Å². The Bertz CT molecular complexity index is 642. The number of hydrogen-bond acceptors (Lipinski definition) is 4. The summed E-state index contributed by atoms with van der Waals surface area (Å²) in [5.74, 6) is 0.367. The largest absolute Gasteiger partial charge is 0.337 e. The molecule has 2 heterocycles. The van der Waals surface area contributed by atoms with E-state index in [1.807, 2.05) is 4.90 Å². The van der Waals surface area contributed by atoms with E-state index < -0.39 is 0 Å². The third-order valence-electron chi connectivity index (χ3n) is 3.24. The number of rotatable bonds is 2. The Kier molecular flexibility index (Phi) is 3.60. The Morgan fingerprint density at radius 2 is 1.95 bits per heavy atom. The number of hydrogen-bond donors (Lipinski definition) is 0. The van der Waals surface area contributed by atoms with Gasteiger partial charge in [-0.15, -0.1) is 0 Å². The van der Waals surface area contributed by atoms with Crippen LogP contribution in [0.15, 0.2) is 36.7 Å². The molecule has 0 aliphatic carbocycles. The van der Waals surface area contributed by atoms with Gasteiger partial charge in [-0.05, 0) is 41.3 Å². The van der Waals surface area contributed by atoms with Crippen molar-refractivity contribution in [3.63, 3.8) is 0 Å². The SMILES string of the molecule is Fc1ccc(C2=CCN(c3ncnc(Cl)n3)CC2)cc1. The molecule has 1 aliphatic heterocycles. The summed E-state index contributed by atoms with van der Waals surface area (Å²) in [4.78, 5) is 14.0. The maximum absolute atomic E-state index is 12.9. The second-order valence-electron chi connectivity index (χ2n) is 4.49. The summed E-state index contributed by atoms with van der Waals surface area (Å²) < 4.78 is 12.9. The fourth-order valence-electron chi connectivity index (χ4n) is 2.20. The van der Waals surface area contributed by atoms with Crippen molar-refractivity contribution in [2.24, 2.45) is 0 Å². The Balaban J connectivity index is 1.76. The molecule has 0 fully saturated rings. The molecule has 3 rings (SSSR count). The summed E-state index contributed by atoms with van der Waals surface area (Å²) >= 11 is 5.76. The van der Waals surface area contributed by atoms with Crippen LogP contribution in [-0.4, -0.2) is 28.0 Å². The van der Waals surface area contributed by atoms with Crippen LogP contribution in [0, 0.1) is 5.82 Å². The molecule has 102 valence electrons. The van der Waals surface area contributed by atoms with Gasteiger partial charge in [0.05, 0.1) is 0 Å². The summed E-state index contributed by atoms with van der Waals surface area (Å²) in [5.41, 5.74) is 2.26. The van der Waals surface area contributed by atoms with E-state index in [2.05, 4.69) is 21.0 Å². The van der Waals surface area contributed by atoms with E-state index in [4.69, 9.17) is 11.6 Å². The maximum Gasteiger partial charge on any atom is 0.229 e. The third kappa shape index (κ3) is 2.77. The van der Waals surface area contributed by atoms with Crippen molar-refractivity contribution < 1.29 is 4.39 Å². The van der Waals surface area contributed by atoms with Crippen molar-refractivity contribution in [3.8, 4) is 0 Å². The van der Waals surface area contributed by atoms with E-state index in [1.54, 1.807) is 12.1 Å². The van der Waals surface area contributed by atoms with Gasteiger partial charge >= 0.3 is 0 Å². The Morgan fingerprint density at radius 1 is 1.15 bits per heavy atom. The van der Waals surface area contributed by atoms with Gasteiger partial charge in [0.15, 0.2) is 0 Å². The molecule has 0 radical (unpaired) electrons. The summed E-state index contributed by atoms with van der Waals surface area (Å²) in [6.45, 7) is 1.50. The molecule has 6 heteroatoms. The zero-order valence-electron chi connectivity index (χ0n) is 10.6. The lowest BCUT2D eigenvalue weighted by Crippen LogP contribution is -2.30. The lowest BCUT2D eigenvalue weighted by Gasteiger charge is -2.26. The molecular formula is C14H12ClFN4. The van der Waals surface area contributed by atoms with Crippen molar-refractivity contribution >= 4 is 23.1 Å². The molecule has 0 atom stereocenters. The lowest BCUT2D eigenvalue weighted by molar-refractivity contribution is 0.627. The average Bonchev–Trinajstić information content (AvgIpc) is 2.48. The molecule has 0 amide bonds. The quantitative estimate of drug-likeness (QED) is 0.853. The van der Waals surface area contributed by atoms with E-state index in [1.165, 1.54) is 24.0 Å². The monoisotopic (exact) mass is 290 g/mol. The van der Waals surface area contributed by atoms with E-state index in [-0.39, 0.29) is 11.1 Å². The van der Waals surface area contributed by atoms with Gasteiger partial charge in [0.2, 0.25) is 11.2 Å². The molecule has 0 spiro atoms. The summed E-state index contributed by atoms with van der Waals surface area (Å²) in [6, 6.07) is 6.57. The minimum Gasteiger partial charge on any atom is -0.337 e. The van der Waals surface area contributed by atoms with Crippen LogP contribution in [0.25, 0.3) is 5.57 Å². The zero-order chi connectivity index (χ0) is 13.9. The summed E-state index contributed by atoms with van der Waals surface area (Å²) in [7, 11) is 0. The van der Waals surface area contributed by atoms with Crippen molar-refractivity contribution in [1.29, 1.82) is 0 Å². The first-order valence-electron chi connectivity index (χ1n) is 6.27. The highest BCUT2D eigenvalue weighted by molar-refractivity contribution is 6.28. The zero-order valence-corrected chi connectivity index (χ0v) is 11.4. The predicted octanol–water partition coefficient (Wildman–Crippen LogP) is 2.96. The van der Waals surface area contributed by atoms with Crippen LogP contribution in [0.5, 0.6) is 0 Å². The molecular weight excluding hydrogens is 279 g/mol. The maximum atomic E-state index is 12.9. The summed E-state index contributed by atoms with van der Waals surface area (Å²) in [6.07, 6.45) is 4.37. The second kappa shape index (κ2) is 5.54. The van der Waals surface area contributed by atoms with Crippen LogP contribution < -0.4 is 4.90 Å². The average molecular weight is 291 g/mol. The molecule has 1 aromatic carbocycles. The summed E-state index contributed by atoms with van der Waals surface area (Å²) in [5, 5.41) is 0.198. The van der Waals surface area contributed by atoms with E-state index in [9.17, 15) is 4.39 Å². The first-order valence-corrected chi connectivity index (χ1v) is 6.64. The Morgan fingerprint density at radius 3 is 2.60 bits per heavy atom. The van der Waals surface area contributed by atoms with Crippen molar-refractivity contribution in [1.82, 2.24) is 15.0 Å². The van der Waals surface area contributed by atoms with Gasteiger partial charge in [-0.1, -0.05) is 18.2 Å². The van der Waals surface area contributed by atoms with Crippen LogP contribution in [0.3, 0.4) is 0 Å². The molecule has 1 aliphatic rings. The molecule has 0 saturated carbocycles. The molecule has 0 N–H and O–H groups in total. The molecule has 2 aromatic rings. The standard InChI is InChI=1S/C14H12ClFN4/c15-13-17-9-18-14(19-13)20-7-5-11(6-8-20)10-1-3-12(16)4-2-10/h1-5,9H,6-8H2. The molecule has 20 heavy (non-hydrogen) atoms. The van der Waals surface area contributed by atoms with E-state index >= 15 is 0 Å². The smallest absolute Gasteiger partial charge is 0.229 e. The molecule has 0 unspecified atom stereocenters. The van der Waals surface area contributed by atoms with Crippen LogP contribution in [0.1, 0.15) is 12.0 Å². The first-order chi connectivity index (χ1) is 9.72. The van der Waals surface area contributed by atoms with Gasteiger partial charge in [0, 0.05) is 13.1 Å². The highest BCUT2D eigenvalue weighted by Gasteiger charge is 2.15.